The number of halogens is 1. The molecule has 2 aromatic heterocycles. The average molecular weight is 390 g/mol. The number of benzene rings is 1. The van der Waals surface area contributed by atoms with Crippen molar-refractivity contribution >= 4 is 39.0 Å². The highest BCUT2D eigenvalue weighted by molar-refractivity contribution is 9.10. The number of anilines is 1. The van der Waals surface area contributed by atoms with Gasteiger partial charge in [-0.25, -0.2) is 4.99 Å². The van der Waals surface area contributed by atoms with Crippen molar-refractivity contribution in [2.24, 2.45) is 4.99 Å². The molecule has 0 aliphatic carbocycles. The highest BCUT2D eigenvalue weighted by atomic mass is 79.9. The molecule has 1 aliphatic rings. The highest BCUT2D eigenvalue weighted by Gasteiger charge is 2.15. The van der Waals surface area contributed by atoms with Crippen LogP contribution in [0.4, 0.5) is 5.69 Å². The van der Waals surface area contributed by atoms with Gasteiger partial charge in [-0.1, -0.05) is 27.3 Å². The third-order valence-electron chi connectivity index (χ3n) is 3.59. The lowest BCUT2D eigenvalue weighted by Crippen LogP contribution is -2.42. The first-order valence-corrected chi connectivity index (χ1v) is 8.61. The first kappa shape index (κ1) is 14.5. The maximum absolute atomic E-state index is 12.6. The van der Waals surface area contributed by atoms with Crippen molar-refractivity contribution in [1.29, 1.82) is 0 Å². The summed E-state index contributed by atoms with van der Waals surface area (Å²) in [5, 5.41) is 0. The van der Waals surface area contributed by atoms with Crippen LogP contribution in [0.5, 0.6) is 0 Å². The third kappa shape index (κ3) is 2.77. The van der Waals surface area contributed by atoms with Gasteiger partial charge in [-0.2, -0.15) is 0 Å². The SMILES string of the molecule is O=c1/c(=C\c2ccco2)sc2n1CN(c1ccc(Br)cc1)CN=2. The van der Waals surface area contributed by atoms with Crippen LogP contribution in [0.1, 0.15) is 5.76 Å². The van der Waals surface area contributed by atoms with E-state index in [1.165, 1.54) is 11.3 Å². The summed E-state index contributed by atoms with van der Waals surface area (Å²) in [6.45, 7) is 1.05. The molecule has 1 aliphatic heterocycles. The van der Waals surface area contributed by atoms with E-state index >= 15 is 0 Å². The molecule has 0 N–H and O–H groups in total. The molecule has 3 aromatic rings. The van der Waals surface area contributed by atoms with Crippen molar-refractivity contribution in [1.82, 2.24) is 4.57 Å². The molecule has 0 spiro atoms. The van der Waals surface area contributed by atoms with Crippen molar-refractivity contribution < 1.29 is 4.42 Å². The van der Waals surface area contributed by atoms with E-state index in [0.717, 1.165) is 15.0 Å². The zero-order valence-electron chi connectivity index (χ0n) is 12.0. The molecule has 0 unspecified atom stereocenters. The van der Waals surface area contributed by atoms with Crippen LogP contribution in [-0.2, 0) is 6.67 Å². The van der Waals surface area contributed by atoms with Gasteiger partial charge in [-0.15, -0.1) is 0 Å². The number of hydrogen-bond acceptors (Lipinski definition) is 5. The van der Waals surface area contributed by atoms with E-state index in [0.29, 0.717) is 23.6 Å². The summed E-state index contributed by atoms with van der Waals surface area (Å²) in [5.74, 6) is 0.672. The Morgan fingerprint density at radius 1 is 1.26 bits per heavy atom. The smallest absolute Gasteiger partial charge is 0.271 e. The third-order valence-corrected chi connectivity index (χ3v) is 5.16. The zero-order valence-corrected chi connectivity index (χ0v) is 14.4. The van der Waals surface area contributed by atoms with E-state index in [1.807, 2.05) is 30.3 Å². The second-order valence-electron chi connectivity index (χ2n) is 5.10. The topological polar surface area (TPSA) is 50.7 Å². The van der Waals surface area contributed by atoms with Gasteiger partial charge in [-0.3, -0.25) is 9.36 Å². The first-order chi connectivity index (χ1) is 11.2. The van der Waals surface area contributed by atoms with Crippen molar-refractivity contribution in [3.8, 4) is 0 Å². The van der Waals surface area contributed by atoms with Crippen LogP contribution in [0.2, 0.25) is 0 Å². The maximum Gasteiger partial charge on any atom is 0.271 e. The van der Waals surface area contributed by atoms with Gasteiger partial charge in [0.05, 0.1) is 10.8 Å². The Morgan fingerprint density at radius 2 is 2.09 bits per heavy atom. The van der Waals surface area contributed by atoms with Crippen molar-refractivity contribution in [2.45, 2.75) is 6.67 Å². The molecular formula is C16H12BrN3O2S. The fourth-order valence-electron chi connectivity index (χ4n) is 2.43. The number of thiazole rings is 1. The van der Waals surface area contributed by atoms with Gasteiger partial charge >= 0.3 is 0 Å². The minimum absolute atomic E-state index is 0.0352. The summed E-state index contributed by atoms with van der Waals surface area (Å²) in [7, 11) is 0. The fourth-order valence-corrected chi connectivity index (χ4v) is 3.64. The van der Waals surface area contributed by atoms with Crippen LogP contribution < -0.4 is 19.8 Å². The first-order valence-electron chi connectivity index (χ1n) is 7.00. The Bertz CT molecular complexity index is 1000. The van der Waals surface area contributed by atoms with Gasteiger partial charge in [0.15, 0.2) is 4.80 Å². The monoisotopic (exact) mass is 389 g/mol. The summed E-state index contributed by atoms with van der Waals surface area (Å²) in [6, 6.07) is 11.6. The molecule has 0 saturated heterocycles. The van der Waals surface area contributed by atoms with E-state index in [2.05, 4.69) is 25.8 Å². The molecule has 5 nitrogen and oxygen atoms in total. The van der Waals surface area contributed by atoms with Crippen LogP contribution >= 0.6 is 27.3 Å². The Labute approximate surface area is 143 Å². The molecule has 3 heterocycles. The molecule has 23 heavy (non-hydrogen) atoms. The Hall–Kier alpha value is -2.12. The number of fused-ring (bicyclic) bond motifs is 1. The highest BCUT2D eigenvalue weighted by Crippen LogP contribution is 2.19. The maximum atomic E-state index is 12.6. The molecule has 0 saturated carbocycles. The lowest BCUT2D eigenvalue weighted by atomic mass is 10.3. The van der Waals surface area contributed by atoms with Crippen molar-refractivity contribution in [3.05, 3.63) is 72.6 Å². The van der Waals surface area contributed by atoms with Gasteiger partial charge in [0, 0.05) is 16.2 Å². The van der Waals surface area contributed by atoms with Crippen LogP contribution in [0, 0.1) is 0 Å². The Kier molecular flexibility index (Phi) is 3.66. The van der Waals surface area contributed by atoms with E-state index in [4.69, 9.17) is 4.42 Å². The Balaban J connectivity index is 1.72. The molecule has 0 fully saturated rings. The van der Waals surface area contributed by atoms with Crippen molar-refractivity contribution in [2.75, 3.05) is 11.6 Å². The summed E-state index contributed by atoms with van der Waals surface area (Å²) in [5.41, 5.74) is 1.00. The minimum Gasteiger partial charge on any atom is -0.465 e. The van der Waals surface area contributed by atoms with Crippen molar-refractivity contribution in [3.63, 3.8) is 0 Å². The lowest BCUT2D eigenvalue weighted by Gasteiger charge is -2.25. The number of hydrogen-bond donors (Lipinski definition) is 0. The molecule has 7 heteroatoms. The average Bonchev–Trinajstić information content (AvgIpc) is 3.17. The largest absolute Gasteiger partial charge is 0.465 e. The number of aromatic nitrogens is 1. The van der Waals surface area contributed by atoms with Gasteiger partial charge in [0.1, 0.15) is 19.1 Å². The lowest BCUT2D eigenvalue weighted by molar-refractivity contribution is 0.556. The molecule has 1 aromatic carbocycles. The molecule has 116 valence electrons. The van der Waals surface area contributed by atoms with E-state index < -0.39 is 0 Å². The molecule has 0 radical (unpaired) electrons. The second-order valence-corrected chi connectivity index (χ2v) is 7.02. The number of furan rings is 1. The fraction of sp³-hybridized carbons (Fsp3) is 0.125. The van der Waals surface area contributed by atoms with Gasteiger partial charge in [0.2, 0.25) is 0 Å². The summed E-state index contributed by atoms with van der Waals surface area (Å²) in [6.07, 6.45) is 3.36. The van der Waals surface area contributed by atoms with Gasteiger partial charge in [-0.05, 0) is 36.4 Å². The molecule has 4 rings (SSSR count). The Morgan fingerprint density at radius 3 is 2.83 bits per heavy atom. The van der Waals surface area contributed by atoms with Gasteiger partial charge < -0.3 is 9.32 Å². The number of rotatable bonds is 2. The second kappa shape index (κ2) is 5.82. The summed E-state index contributed by atoms with van der Waals surface area (Å²) in [4.78, 5) is 19.9. The zero-order chi connectivity index (χ0) is 15.8. The molecule has 0 amide bonds. The van der Waals surface area contributed by atoms with Crippen LogP contribution in [0.3, 0.4) is 0 Å². The van der Waals surface area contributed by atoms with E-state index in [9.17, 15) is 4.79 Å². The van der Waals surface area contributed by atoms with E-state index in [1.54, 1.807) is 23.0 Å². The summed E-state index contributed by atoms with van der Waals surface area (Å²) >= 11 is 4.82. The van der Waals surface area contributed by atoms with Gasteiger partial charge in [0.25, 0.3) is 5.56 Å². The minimum atomic E-state index is -0.0352. The van der Waals surface area contributed by atoms with Crippen LogP contribution in [0.15, 0.2) is 61.3 Å². The van der Waals surface area contributed by atoms with E-state index in [-0.39, 0.29) is 5.56 Å². The van der Waals surface area contributed by atoms with Crippen LogP contribution in [-0.4, -0.2) is 11.2 Å². The molecule has 0 bridgehead atoms. The molecular weight excluding hydrogens is 378 g/mol. The number of nitrogens with zero attached hydrogens (tertiary/aromatic N) is 3. The quantitative estimate of drug-likeness (QED) is 0.674. The molecule has 0 atom stereocenters. The summed E-state index contributed by atoms with van der Waals surface area (Å²) < 4.78 is 8.65. The normalized spacial score (nSPS) is 14.7. The standard InChI is InChI=1S/C16H12BrN3O2S/c17-11-3-5-12(6-4-11)19-9-18-16-20(10-19)15(21)14(23-16)8-13-2-1-7-22-13/h1-8H,9-10H2/b14-8+. The van der Waals surface area contributed by atoms with Crippen LogP contribution in [0.25, 0.3) is 6.08 Å². The predicted molar refractivity (Wildman–Crippen MR) is 93.1 cm³/mol. The predicted octanol–water partition coefficient (Wildman–Crippen LogP) is 2.15.